The van der Waals surface area contributed by atoms with E-state index in [1.165, 1.54) is 13.2 Å². The number of benzene rings is 1. The second-order valence-corrected chi connectivity index (χ2v) is 4.17. The highest BCUT2D eigenvalue weighted by molar-refractivity contribution is 5.29. The smallest absolute Gasteiger partial charge is 0.165 e. The summed E-state index contributed by atoms with van der Waals surface area (Å²) in [5.41, 5.74) is 0.749. The predicted octanol–water partition coefficient (Wildman–Crippen LogP) is 2.02. The maximum absolute atomic E-state index is 13.4. The van der Waals surface area contributed by atoms with Gasteiger partial charge in [0.15, 0.2) is 11.6 Å². The first kappa shape index (κ1) is 13.9. The summed E-state index contributed by atoms with van der Waals surface area (Å²) in [6, 6.07) is 4.71. The predicted molar refractivity (Wildman–Crippen MR) is 63.7 cm³/mol. The van der Waals surface area contributed by atoms with E-state index in [0.29, 0.717) is 13.0 Å². The van der Waals surface area contributed by atoms with Crippen LogP contribution in [0.4, 0.5) is 4.39 Å². The largest absolute Gasteiger partial charge is 0.494 e. The van der Waals surface area contributed by atoms with Crippen LogP contribution in [-0.4, -0.2) is 32.0 Å². The highest BCUT2D eigenvalue weighted by Crippen LogP contribution is 2.19. The molecule has 1 rings (SSSR count). The Morgan fingerprint density at radius 3 is 2.59 bits per heavy atom. The maximum Gasteiger partial charge on any atom is 0.165 e. The molecule has 1 aromatic carbocycles. The molecule has 2 unspecified atom stereocenters. The number of halogens is 1. The van der Waals surface area contributed by atoms with E-state index in [4.69, 9.17) is 9.47 Å². The lowest BCUT2D eigenvalue weighted by Crippen LogP contribution is -2.24. The second kappa shape index (κ2) is 6.57. The SMILES string of the molecule is COCC(C)C(O)Cc1ccc(OC)c(F)c1. The van der Waals surface area contributed by atoms with Gasteiger partial charge in [-0.15, -0.1) is 0 Å². The van der Waals surface area contributed by atoms with Crippen molar-refractivity contribution in [3.63, 3.8) is 0 Å². The molecule has 0 aliphatic heterocycles. The number of methoxy groups -OCH3 is 2. The van der Waals surface area contributed by atoms with Gasteiger partial charge in [0, 0.05) is 13.0 Å². The Kier molecular flexibility index (Phi) is 5.38. The first-order valence-electron chi connectivity index (χ1n) is 5.58. The molecule has 4 heteroatoms. The third-order valence-corrected chi connectivity index (χ3v) is 2.75. The summed E-state index contributed by atoms with van der Waals surface area (Å²) in [7, 11) is 3.02. The molecule has 0 spiro atoms. The fourth-order valence-corrected chi connectivity index (χ4v) is 1.65. The van der Waals surface area contributed by atoms with Crippen LogP contribution in [0.1, 0.15) is 12.5 Å². The summed E-state index contributed by atoms with van der Waals surface area (Å²) in [6.45, 7) is 2.38. The van der Waals surface area contributed by atoms with Crippen molar-refractivity contribution in [1.82, 2.24) is 0 Å². The Morgan fingerprint density at radius 1 is 1.35 bits per heavy atom. The number of aliphatic hydroxyl groups is 1. The minimum atomic E-state index is -0.539. The van der Waals surface area contributed by atoms with E-state index < -0.39 is 11.9 Å². The van der Waals surface area contributed by atoms with Crippen molar-refractivity contribution >= 4 is 0 Å². The van der Waals surface area contributed by atoms with Crippen molar-refractivity contribution in [3.05, 3.63) is 29.6 Å². The average molecular weight is 242 g/mol. The molecular weight excluding hydrogens is 223 g/mol. The lowest BCUT2D eigenvalue weighted by atomic mass is 9.98. The molecule has 1 N–H and O–H groups in total. The topological polar surface area (TPSA) is 38.7 Å². The quantitative estimate of drug-likeness (QED) is 0.829. The van der Waals surface area contributed by atoms with Gasteiger partial charge in [0.1, 0.15) is 0 Å². The van der Waals surface area contributed by atoms with E-state index in [1.54, 1.807) is 19.2 Å². The summed E-state index contributed by atoms with van der Waals surface area (Å²) in [4.78, 5) is 0. The van der Waals surface area contributed by atoms with Crippen molar-refractivity contribution in [1.29, 1.82) is 0 Å². The van der Waals surface area contributed by atoms with E-state index in [9.17, 15) is 9.50 Å². The third kappa shape index (κ3) is 3.98. The molecule has 0 amide bonds. The molecule has 1 aromatic rings. The molecular formula is C13H19FO3. The molecule has 0 saturated heterocycles. The fourth-order valence-electron chi connectivity index (χ4n) is 1.65. The molecule has 96 valence electrons. The van der Waals surface area contributed by atoms with Crippen LogP contribution in [0.15, 0.2) is 18.2 Å². The molecule has 0 radical (unpaired) electrons. The van der Waals surface area contributed by atoms with Crippen molar-refractivity contribution in [3.8, 4) is 5.75 Å². The van der Waals surface area contributed by atoms with Gasteiger partial charge in [-0.25, -0.2) is 4.39 Å². The van der Waals surface area contributed by atoms with Crippen molar-refractivity contribution in [2.24, 2.45) is 5.92 Å². The van der Waals surface area contributed by atoms with E-state index in [0.717, 1.165) is 5.56 Å². The minimum absolute atomic E-state index is 0.0187. The molecule has 0 saturated carbocycles. The highest BCUT2D eigenvalue weighted by Gasteiger charge is 2.15. The number of hydrogen-bond acceptors (Lipinski definition) is 3. The van der Waals surface area contributed by atoms with E-state index in [1.807, 2.05) is 6.92 Å². The Hall–Kier alpha value is -1.13. The van der Waals surface area contributed by atoms with E-state index >= 15 is 0 Å². The van der Waals surface area contributed by atoms with Gasteiger partial charge in [-0.3, -0.25) is 0 Å². The van der Waals surface area contributed by atoms with Crippen molar-refractivity contribution in [2.75, 3.05) is 20.8 Å². The summed E-state index contributed by atoms with van der Waals surface area (Å²) in [5.74, 6) is -0.171. The van der Waals surface area contributed by atoms with Crippen LogP contribution in [0.3, 0.4) is 0 Å². The molecule has 3 nitrogen and oxygen atoms in total. The van der Waals surface area contributed by atoms with Crippen LogP contribution in [-0.2, 0) is 11.2 Å². The zero-order valence-corrected chi connectivity index (χ0v) is 10.4. The molecule has 0 aliphatic carbocycles. The van der Waals surface area contributed by atoms with Gasteiger partial charge < -0.3 is 14.6 Å². The summed E-state index contributed by atoms with van der Waals surface area (Å²) >= 11 is 0. The normalized spacial score (nSPS) is 14.4. The fraction of sp³-hybridized carbons (Fsp3) is 0.538. The molecule has 0 aromatic heterocycles. The van der Waals surface area contributed by atoms with Crippen molar-refractivity contribution < 1.29 is 19.0 Å². The minimum Gasteiger partial charge on any atom is -0.494 e. The molecule has 0 fully saturated rings. The lowest BCUT2D eigenvalue weighted by Gasteiger charge is -2.18. The Labute approximate surface area is 101 Å². The first-order valence-corrected chi connectivity index (χ1v) is 5.58. The van der Waals surface area contributed by atoms with Crippen LogP contribution >= 0.6 is 0 Å². The highest BCUT2D eigenvalue weighted by atomic mass is 19.1. The average Bonchev–Trinajstić information content (AvgIpc) is 2.29. The maximum atomic E-state index is 13.4. The summed E-state index contributed by atoms with van der Waals surface area (Å²) in [5, 5.41) is 9.89. The molecule has 0 heterocycles. The van der Waals surface area contributed by atoms with Gasteiger partial charge in [0.05, 0.1) is 19.8 Å². The first-order chi connectivity index (χ1) is 8.08. The van der Waals surface area contributed by atoms with Crippen LogP contribution in [0.25, 0.3) is 0 Å². The third-order valence-electron chi connectivity index (χ3n) is 2.75. The number of ether oxygens (including phenoxy) is 2. The molecule has 0 bridgehead atoms. The monoisotopic (exact) mass is 242 g/mol. The second-order valence-electron chi connectivity index (χ2n) is 4.17. The summed E-state index contributed by atoms with van der Waals surface area (Å²) < 4.78 is 23.2. The number of rotatable bonds is 6. The Bertz CT molecular complexity index is 355. The number of aliphatic hydroxyl groups excluding tert-OH is 1. The molecule has 0 aliphatic rings. The Balaban J connectivity index is 2.65. The van der Waals surface area contributed by atoms with Gasteiger partial charge in [-0.05, 0) is 24.1 Å². The summed E-state index contributed by atoms with van der Waals surface area (Å²) in [6.07, 6.45) is -0.131. The Morgan fingerprint density at radius 2 is 2.06 bits per heavy atom. The van der Waals surface area contributed by atoms with Crippen LogP contribution in [0.5, 0.6) is 5.75 Å². The molecule has 2 atom stereocenters. The molecule has 17 heavy (non-hydrogen) atoms. The van der Waals surface area contributed by atoms with Gasteiger partial charge >= 0.3 is 0 Å². The van der Waals surface area contributed by atoms with Crippen LogP contribution in [0.2, 0.25) is 0 Å². The van der Waals surface area contributed by atoms with E-state index in [2.05, 4.69) is 0 Å². The van der Waals surface area contributed by atoms with Crippen LogP contribution in [0, 0.1) is 11.7 Å². The van der Waals surface area contributed by atoms with Crippen LogP contribution < -0.4 is 4.74 Å². The van der Waals surface area contributed by atoms with Gasteiger partial charge in [-0.2, -0.15) is 0 Å². The van der Waals surface area contributed by atoms with Crippen molar-refractivity contribution in [2.45, 2.75) is 19.4 Å². The zero-order chi connectivity index (χ0) is 12.8. The number of hydrogen-bond donors (Lipinski definition) is 1. The van der Waals surface area contributed by atoms with Gasteiger partial charge in [0.25, 0.3) is 0 Å². The van der Waals surface area contributed by atoms with E-state index in [-0.39, 0.29) is 11.7 Å². The van der Waals surface area contributed by atoms with Gasteiger partial charge in [0.2, 0.25) is 0 Å². The van der Waals surface area contributed by atoms with Gasteiger partial charge in [-0.1, -0.05) is 13.0 Å². The standard InChI is InChI=1S/C13H19FO3/c1-9(8-16-2)12(15)7-10-4-5-13(17-3)11(14)6-10/h4-6,9,12,15H,7-8H2,1-3H3. The lowest BCUT2D eigenvalue weighted by molar-refractivity contribution is 0.0574. The zero-order valence-electron chi connectivity index (χ0n) is 10.4.